The average Bonchev–Trinajstić information content (AvgIpc) is 3.19. The van der Waals surface area contributed by atoms with E-state index in [0.717, 1.165) is 10.0 Å². The van der Waals surface area contributed by atoms with E-state index in [0.29, 0.717) is 10.6 Å². The maximum atomic E-state index is 13.3. The van der Waals surface area contributed by atoms with Gasteiger partial charge >= 0.3 is 0 Å². The highest BCUT2D eigenvalue weighted by atomic mass is 79.9. The maximum Gasteiger partial charge on any atom is 0.234 e. The minimum Gasteiger partial charge on any atom is -0.419 e. The molecule has 0 fully saturated rings. The van der Waals surface area contributed by atoms with Crippen molar-refractivity contribution in [3.05, 3.63) is 93.9 Å². The second kappa shape index (κ2) is 8.63. The fourth-order valence-electron chi connectivity index (χ4n) is 2.85. The molecular weight excluding hydrogens is 488 g/mol. The number of rotatable bonds is 6. The fraction of sp³-hybridized carbons (Fsp3) is 0.0455. The molecule has 0 saturated carbocycles. The van der Waals surface area contributed by atoms with Crippen LogP contribution in [0.4, 0.5) is 5.88 Å². The van der Waals surface area contributed by atoms with Crippen molar-refractivity contribution in [1.29, 1.82) is 0 Å². The molecule has 3 aromatic carbocycles. The van der Waals surface area contributed by atoms with E-state index in [4.69, 9.17) is 16.0 Å². The van der Waals surface area contributed by atoms with Gasteiger partial charge in [-0.15, -0.1) is 0 Å². The van der Waals surface area contributed by atoms with Crippen LogP contribution in [0.5, 0.6) is 0 Å². The molecule has 4 rings (SSSR count). The smallest absolute Gasteiger partial charge is 0.234 e. The molecule has 0 amide bonds. The minimum atomic E-state index is -3.91. The van der Waals surface area contributed by atoms with Crippen molar-refractivity contribution >= 4 is 43.3 Å². The molecule has 0 spiro atoms. The third-order valence-corrected chi connectivity index (χ3v) is 6.97. The van der Waals surface area contributed by atoms with Gasteiger partial charge in [-0.25, -0.2) is 8.42 Å². The molecular formula is C22H16BrClN2O3S. The van der Waals surface area contributed by atoms with E-state index in [-0.39, 0.29) is 28.2 Å². The lowest BCUT2D eigenvalue weighted by atomic mass is 10.2. The van der Waals surface area contributed by atoms with Crippen LogP contribution in [-0.4, -0.2) is 13.4 Å². The molecule has 152 valence electrons. The van der Waals surface area contributed by atoms with Crippen molar-refractivity contribution < 1.29 is 12.8 Å². The maximum absolute atomic E-state index is 13.3. The minimum absolute atomic E-state index is 0.0664. The number of anilines is 1. The lowest BCUT2D eigenvalue weighted by Crippen LogP contribution is -2.07. The SMILES string of the molecule is O=S(=O)(c1ccc(Br)cc1)c1nc(-c2ccccc2)oc1NCc1ccccc1Cl. The van der Waals surface area contributed by atoms with Crippen LogP contribution in [0.2, 0.25) is 5.02 Å². The van der Waals surface area contributed by atoms with Crippen molar-refractivity contribution in [3.8, 4) is 11.5 Å². The zero-order valence-corrected chi connectivity index (χ0v) is 18.7. The molecule has 5 nitrogen and oxygen atoms in total. The summed E-state index contributed by atoms with van der Waals surface area (Å²) in [5.41, 5.74) is 1.49. The summed E-state index contributed by atoms with van der Waals surface area (Å²) in [6.07, 6.45) is 0. The monoisotopic (exact) mass is 502 g/mol. The molecule has 0 radical (unpaired) electrons. The van der Waals surface area contributed by atoms with E-state index in [1.165, 1.54) is 12.1 Å². The first-order chi connectivity index (χ1) is 14.4. The fourth-order valence-corrected chi connectivity index (χ4v) is 4.59. The lowest BCUT2D eigenvalue weighted by molar-refractivity contribution is 0.576. The predicted molar refractivity (Wildman–Crippen MR) is 120 cm³/mol. The lowest BCUT2D eigenvalue weighted by Gasteiger charge is -2.07. The molecule has 0 aliphatic carbocycles. The number of nitrogens with zero attached hydrogens (tertiary/aromatic N) is 1. The van der Waals surface area contributed by atoms with Crippen molar-refractivity contribution in [1.82, 2.24) is 4.98 Å². The Hall–Kier alpha value is -2.61. The van der Waals surface area contributed by atoms with Gasteiger partial charge in [0.2, 0.25) is 26.6 Å². The molecule has 1 aromatic heterocycles. The second-order valence-corrected chi connectivity index (χ2v) is 9.61. The Morgan fingerprint density at radius 3 is 2.30 bits per heavy atom. The van der Waals surface area contributed by atoms with Crippen molar-refractivity contribution in [2.75, 3.05) is 5.32 Å². The molecule has 0 unspecified atom stereocenters. The van der Waals surface area contributed by atoms with Gasteiger partial charge in [0.15, 0.2) is 0 Å². The molecule has 0 bridgehead atoms. The van der Waals surface area contributed by atoms with Crippen LogP contribution in [0.25, 0.3) is 11.5 Å². The number of oxazole rings is 1. The summed E-state index contributed by atoms with van der Waals surface area (Å²) >= 11 is 9.54. The van der Waals surface area contributed by atoms with E-state index in [1.807, 2.05) is 36.4 Å². The van der Waals surface area contributed by atoms with Gasteiger partial charge in [-0.3, -0.25) is 0 Å². The van der Waals surface area contributed by atoms with Crippen molar-refractivity contribution in [2.24, 2.45) is 0 Å². The third-order valence-electron chi connectivity index (χ3n) is 4.39. The predicted octanol–water partition coefficient (Wildman–Crippen LogP) is 6.20. The van der Waals surface area contributed by atoms with E-state index in [1.54, 1.807) is 30.3 Å². The zero-order valence-electron chi connectivity index (χ0n) is 15.5. The Kier molecular flexibility index (Phi) is 5.94. The Morgan fingerprint density at radius 2 is 1.60 bits per heavy atom. The Bertz CT molecular complexity index is 1270. The van der Waals surface area contributed by atoms with Crippen LogP contribution < -0.4 is 5.32 Å². The van der Waals surface area contributed by atoms with Crippen LogP contribution >= 0.6 is 27.5 Å². The summed E-state index contributed by atoms with van der Waals surface area (Å²) in [7, 11) is -3.91. The van der Waals surface area contributed by atoms with Crippen LogP contribution in [0, 0.1) is 0 Å². The summed E-state index contributed by atoms with van der Waals surface area (Å²) < 4.78 is 33.2. The Labute approximate surface area is 187 Å². The Balaban J connectivity index is 1.76. The molecule has 0 aliphatic rings. The molecule has 8 heteroatoms. The topological polar surface area (TPSA) is 72.2 Å². The number of halogens is 2. The van der Waals surface area contributed by atoms with Gasteiger partial charge in [0, 0.05) is 21.6 Å². The average molecular weight is 504 g/mol. The van der Waals surface area contributed by atoms with Gasteiger partial charge < -0.3 is 9.73 Å². The number of hydrogen-bond acceptors (Lipinski definition) is 5. The van der Waals surface area contributed by atoms with Gasteiger partial charge in [-0.2, -0.15) is 4.98 Å². The highest BCUT2D eigenvalue weighted by Crippen LogP contribution is 2.33. The first-order valence-corrected chi connectivity index (χ1v) is 11.6. The molecule has 0 aliphatic heterocycles. The summed E-state index contributed by atoms with van der Waals surface area (Å²) in [4.78, 5) is 4.45. The highest BCUT2D eigenvalue weighted by molar-refractivity contribution is 9.10. The molecule has 1 N–H and O–H groups in total. The van der Waals surface area contributed by atoms with Crippen LogP contribution in [-0.2, 0) is 16.4 Å². The van der Waals surface area contributed by atoms with Crippen molar-refractivity contribution in [2.45, 2.75) is 16.5 Å². The van der Waals surface area contributed by atoms with E-state index in [2.05, 4.69) is 26.2 Å². The number of benzene rings is 3. The van der Waals surface area contributed by atoms with Gasteiger partial charge in [0.05, 0.1) is 4.90 Å². The number of nitrogens with one attached hydrogen (secondary N) is 1. The molecule has 0 saturated heterocycles. The van der Waals surface area contributed by atoms with Gasteiger partial charge in [0.25, 0.3) is 0 Å². The second-order valence-electron chi connectivity index (χ2n) is 6.42. The molecule has 1 heterocycles. The van der Waals surface area contributed by atoms with E-state index in [9.17, 15) is 8.42 Å². The molecule has 4 aromatic rings. The first-order valence-electron chi connectivity index (χ1n) is 8.99. The van der Waals surface area contributed by atoms with Gasteiger partial charge in [-0.1, -0.05) is 63.9 Å². The summed E-state index contributed by atoms with van der Waals surface area (Å²) in [6.45, 7) is 0.284. The van der Waals surface area contributed by atoms with Gasteiger partial charge in [0.1, 0.15) is 0 Å². The van der Waals surface area contributed by atoms with Gasteiger partial charge in [-0.05, 0) is 48.0 Å². The standard InChI is InChI=1S/C22H16BrClN2O3S/c23-17-10-12-18(13-11-17)30(27,28)22-21(25-14-16-8-4-5-9-19(16)24)29-20(26-22)15-6-2-1-3-7-15/h1-13,25H,14H2. The summed E-state index contributed by atoms with van der Waals surface area (Å²) in [5.74, 6) is 0.282. The van der Waals surface area contributed by atoms with E-state index >= 15 is 0 Å². The summed E-state index contributed by atoms with van der Waals surface area (Å²) in [5, 5.41) is 3.45. The number of hydrogen-bond donors (Lipinski definition) is 1. The Morgan fingerprint density at radius 1 is 0.933 bits per heavy atom. The van der Waals surface area contributed by atoms with E-state index < -0.39 is 9.84 Å². The summed E-state index contributed by atoms with van der Waals surface area (Å²) in [6, 6.07) is 22.8. The highest BCUT2D eigenvalue weighted by Gasteiger charge is 2.28. The normalized spacial score (nSPS) is 11.4. The quantitative estimate of drug-likeness (QED) is 0.339. The van der Waals surface area contributed by atoms with Crippen LogP contribution in [0.1, 0.15) is 5.56 Å². The van der Waals surface area contributed by atoms with Crippen molar-refractivity contribution in [3.63, 3.8) is 0 Å². The third kappa shape index (κ3) is 4.28. The molecule has 30 heavy (non-hydrogen) atoms. The molecule has 0 atom stereocenters. The first kappa shape index (κ1) is 20.7. The zero-order chi connectivity index (χ0) is 21.1. The largest absolute Gasteiger partial charge is 0.419 e. The number of sulfone groups is 1. The number of aromatic nitrogens is 1. The van der Waals surface area contributed by atoms with Crippen LogP contribution in [0.3, 0.4) is 0 Å². The van der Waals surface area contributed by atoms with Crippen LogP contribution in [0.15, 0.2) is 97.7 Å².